The van der Waals surface area contributed by atoms with Crippen molar-refractivity contribution in [2.75, 3.05) is 0 Å². The molecule has 24 heavy (non-hydrogen) atoms. The van der Waals surface area contributed by atoms with Gasteiger partial charge in [-0.05, 0) is 75.4 Å². The zero-order valence-electron chi connectivity index (χ0n) is 14.7. The lowest BCUT2D eigenvalue weighted by atomic mass is 9.95. The van der Waals surface area contributed by atoms with E-state index in [-0.39, 0.29) is 10.5 Å². The van der Waals surface area contributed by atoms with Gasteiger partial charge in [-0.25, -0.2) is 8.42 Å². The summed E-state index contributed by atoms with van der Waals surface area (Å²) < 4.78 is 30.4. The molecule has 2 N–H and O–H groups in total. The van der Waals surface area contributed by atoms with Crippen molar-refractivity contribution < 1.29 is 17.6 Å². The van der Waals surface area contributed by atoms with Crippen molar-refractivity contribution >= 4 is 15.9 Å². The summed E-state index contributed by atoms with van der Waals surface area (Å²) in [6.45, 7) is 10.9. The van der Waals surface area contributed by atoms with Crippen LogP contribution in [-0.2, 0) is 10.0 Å². The van der Waals surface area contributed by atoms with Crippen molar-refractivity contribution in [1.82, 2.24) is 10.3 Å². The molecule has 2 rings (SSSR count). The molecule has 0 unspecified atom stereocenters. The maximum absolute atomic E-state index is 12.7. The highest BCUT2D eigenvalue weighted by molar-refractivity contribution is 7.89. The van der Waals surface area contributed by atoms with Crippen LogP contribution in [0.5, 0.6) is 0 Å². The van der Waals surface area contributed by atoms with Crippen molar-refractivity contribution in [3.8, 4) is 0 Å². The summed E-state index contributed by atoms with van der Waals surface area (Å²) in [6, 6.07) is 1.48. The summed E-state index contributed by atoms with van der Waals surface area (Å²) in [5, 5.41) is 0. The second kappa shape index (κ2) is 6.41. The zero-order valence-corrected chi connectivity index (χ0v) is 15.5. The average Bonchev–Trinajstić information content (AvgIpc) is 2.95. The molecular formula is C17H22N2O4S. The van der Waals surface area contributed by atoms with Gasteiger partial charge >= 0.3 is 0 Å². The van der Waals surface area contributed by atoms with Gasteiger partial charge in [0.25, 0.3) is 15.9 Å². The Kier molecular flexibility index (Phi) is 4.87. The number of rotatable bonds is 4. The Morgan fingerprint density at radius 1 is 0.917 bits per heavy atom. The van der Waals surface area contributed by atoms with Gasteiger partial charge in [-0.3, -0.25) is 10.2 Å². The molecule has 6 nitrogen and oxygen atoms in total. The third kappa shape index (κ3) is 3.09. The largest absolute Gasteiger partial charge is 0.469 e. The molecule has 0 spiro atoms. The number of hydrazine groups is 1. The van der Waals surface area contributed by atoms with Crippen molar-refractivity contribution in [2.24, 2.45) is 0 Å². The van der Waals surface area contributed by atoms with Crippen LogP contribution in [0.2, 0.25) is 0 Å². The number of aryl methyl sites for hydroxylation is 1. The van der Waals surface area contributed by atoms with E-state index in [1.807, 2.05) is 20.8 Å². The molecule has 0 fully saturated rings. The van der Waals surface area contributed by atoms with Crippen LogP contribution in [0.15, 0.2) is 21.6 Å². The molecule has 1 aromatic carbocycles. The molecule has 0 bridgehead atoms. The lowest BCUT2D eigenvalue weighted by molar-refractivity contribution is 0.0943. The molecule has 0 aliphatic rings. The maximum atomic E-state index is 12.7. The number of sulfonamides is 1. The number of carbonyl (C=O) groups excluding carboxylic acids is 1. The topological polar surface area (TPSA) is 88.4 Å². The van der Waals surface area contributed by atoms with Crippen LogP contribution in [-0.4, -0.2) is 14.3 Å². The van der Waals surface area contributed by atoms with Gasteiger partial charge in [0.1, 0.15) is 5.76 Å². The number of amides is 1. The summed E-state index contributed by atoms with van der Waals surface area (Å²) in [4.78, 5) is 14.4. The lowest BCUT2D eigenvalue weighted by Crippen LogP contribution is -2.42. The fourth-order valence-corrected chi connectivity index (χ4v) is 4.16. The molecule has 130 valence electrons. The summed E-state index contributed by atoms with van der Waals surface area (Å²) in [5.41, 5.74) is 6.80. The second-order valence-electron chi connectivity index (χ2n) is 5.90. The molecule has 0 radical (unpaired) electrons. The summed E-state index contributed by atoms with van der Waals surface area (Å²) in [7, 11) is -3.89. The van der Waals surface area contributed by atoms with Gasteiger partial charge in [0, 0.05) is 0 Å². The Morgan fingerprint density at radius 3 is 1.88 bits per heavy atom. The first-order chi connectivity index (χ1) is 11.1. The Balaban J connectivity index is 2.36. The summed E-state index contributed by atoms with van der Waals surface area (Å²) >= 11 is 0. The predicted molar refractivity (Wildman–Crippen MR) is 91.4 cm³/mol. The maximum Gasteiger partial charge on any atom is 0.269 e. The molecule has 0 saturated carbocycles. The molecule has 2 aromatic rings. The normalized spacial score (nSPS) is 11.6. The molecular weight excluding hydrogens is 328 g/mol. The number of furan rings is 1. The quantitative estimate of drug-likeness (QED) is 0.830. The SMILES string of the molecule is Cc1occc1C(=O)NNS(=O)(=O)c1c(C)c(C)c(C)c(C)c1C. The van der Waals surface area contributed by atoms with E-state index in [0.717, 1.165) is 16.7 Å². The minimum atomic E-state index is -3.89. The Hall–Kier alpha value is -2.12. The molecule has 1 amide bonds. The van der Waals surface area contributed by atoms with E-state index in [9.17, 15) is 13.2 Å². The van der Waals surface area contributed by atoms with Crippen molar-refractivity contribution in [3.63, 3.8) is 0 Å². The van der Waals surface area contributed by atoms with Gasteiger partial charge in [0.05, 0.1) is 16.7 Å². The van der Waals surface area contributed by atoms with Gasteiger partial charge in [-0.15, -0.1) is 4.83 Å². The highest BCUT2D eigenvalue weighted by Crippen LogP contribution is 2.29. The van der Waals surface area contributed by atoms with Crippen molar-refractivity contribution in [2.45, 2.75) is 46.4 Å². The van der Waals surface area contributed by atoms with Gasteiger partial charge in [-0.2, -0.15) is 0 Å². The molecule has 0 saturated heterocycles. The fourth-order valence-electron chi connectivity index (χ4n) is 2.72. The van der Waals surface area contributed by atoms with Gasteiger partial charge in [0.2, 0.25) is 0 Å². The minimum absolute atomic E-state index is 0.201. The first kappa shape index (κ1) is 18.2. The molecule has 0 aliphatic heterocycles. The third-order valence-electron chi connectivity index (χ3n) is 4.60. The third-order valence-corrected chi connectivity index (χ3v) is 6.12. The fraction of sp³-hybridized carbons (Fsp3) is 0.353. The van der Waals surface area contributed by atoms with E-state index < -0.39 is 15.9 Å². The highest BCUT2D eigenvalue weighted by atomic mass is 32.2. The molecule has 1 heterocycles. The number of benzene rings is 1. The smallest absolute Gasteiger partial charge is 0.269 e. The van der Waals surface area contributed by atoms with E-state index in [1.54, 1.807) is 20.8 Å². The Labute approximate surface area is 142 Å². The predicted octanol–water partition coefficient (Wildman–Crippen LogP) is 2.75. The van der Waals surface area contributed by atoms with E-state index in [2.05, 4.69) is 10.3 Å². The number of nitrogens with one attached hydrogen (secondary N) is 2. The van der Waals surface area contributed by atoms with E-state index in [0.29, 0.717) is 16.9 Å². The molecule has 7 heteroatoms. The van der Waals surface area contributed by atoms with Crippen LogP contribution in [0.3, 0.4) is 0 Å². The van der Waals surface area contributed by atoms with Gasteiger partial charge < -0.3 is 4.42 Å². The minimum Gasteiger partial charge on any atom is -0.469 e. The van der Waals surface area contributed by atoms with Crippen LogP contribution in [0, 0.1) is 41.5 Å². The van der Waals surface area contributed by atoms with Crippen LogP contribution >= 0.6 is 0 Å². The van der Waals surface area contributed by atoms with Gasteiger partial charge in [0.15, 0.2) is 0 Å². The number of hydrogen-bond donors (Lipinski definition) is 2. The molecule has 1 aromatic heterocycles. The molecule has 0 aliphatic carbocycles. The van der Waals surface area contributed by atoms with Crippen molar-refractivity contribution in [1.29, 1.82) is 0 Å². The zero-order chi connectivity index (χ0) is 18.2. The molecule has 0 atom stereocenters. The first-order valence-electron chi connectivity index (χ1n) is 7.51. The summed E-state index contributed by atoms with van der Waals surface area (Å²) in [6.07, 6.45) is 1.37. The Morgan fingerprint density at radius 2 is 1.42 bits per heavy atom. The average molecular weight is 350 g/mol. The van der Waals surface area contributed by atoms with E-state index in [1.165, 1.54) is 12.3 Å². The van der Waals surface area contributed by atoms with Crippen LogP contribution in [0.1, 0.15) is 43.9 Å². The first-order valence-corrected chi connectivity index (χ1v) is 8.99. The second-order valence-corrected chi connectivity index (χ2v) is 7.52. The lowest BCUT2D eigenvalue weighted by Gasteiger charge is -2.19. The van der Waals surface area contributed by atoms with Crippen molar-refractivity contribution in [3.05, 3.63) is 51.5 Å². The highest BCUT2D eigenvalue weighted by Gasteiger charge is 2.24. The Bertz CT molecular complexity index is 882. The standard InChI is InChI=1S/C17H22N2O4S/c1-9-10(2)12(4)16(13(5)11(9)3)24(21,22)19-18-17(20)15-7-8-23-14(15)6/h7-8,19H,1-6H3,(H,18,20). The van der Waals surface area contributed by atoms with E-state index >= 15 is 0 Å². The van der Waals surface area contributed by atoms with E-state index in [4.69, 9.17) is 4.42 Å². The van der Waals surface area contributed by atoms with Crippen LogP contribution in [0.4, 0.5) is 0 Å². The van der Waals surface area contributed by atoms with Crippen LogP contribution in [0.25, 0.3) is 0 Å². The summed E-state index contributed by atoms with van der Waals surface area (Å²) in [5.74, 6) is -0.151. The number of carbonyl (C=O) groups is 1. The van der Waals surface area contributed by atoms with Crippen LogP contribution < -0.4 is 10.3 Å². The number of hydrogen-bond acceptors (Lipinski definition) is 4. The van der Waals surface area contributed by atoms with Gasteiger partial charge in [-0.1, -0.05) is 0 Å². The monoisotopic (exact) mass is 350 g/mol.